The van der Waals surface area contributed by atoms with Crippen LogP contribution in [-0.4, -0.2) is 64.9 Å². The Balaban J connectivity index is 3.89. The molecule has 0 rings (SSSR count). The number of nitrogens with one attached hydrogen (secondary N) is 1. The number of unbranched alkanes of at least 4 members (excludes halogenated alkanes) is 23. The number of esters is 1. The summed E-state index contributed by atoms with van der Waals surface area (Å²) in [4.78, 5) is 45.8. The number of carboxylic acid groups (broad SMARTS) is 1. The first-order chi connectivity index (χ1) is 26.6. The number of rotatable bonds is 41. The quantitative estimate of drug-likeness (QED) is 0.0202. The van der Waals surface area contributed by atoms with E-state index in [-0.39, 0.29) is 12.8 Å². The molecule has 3 unspecified atom stereocenters. The predicted octanol–water partition coefficient (Wildman–Crippen LogP) is 11.1. The van der Waals surface area contributed by atoms with Gasteiger partial charge in [-0.2, -0.15) is 0 Å². The summed E-state index contributed by atoms with van der Waals surface area (Å²) >= 11 is 0. The molecule has 0 fully saturated rings. The molecule has 0 spiro atoms. The van der Waals surface area contributed by atoms with E-state index in [0.29, 0.717) is 12.8 Å². The Morgan fingerprint density at radius 1 is 0.582 bits per heavy atom. The average Bonchev–Trinajstić information content (AvgIpc) is 3.16. The molecule has 0 radical (unpaired) electrons. The molecule has 0 aliphatic carbocycles. The Hall–Kier alpha value is -2.04. The molecule has 1 amide bonds. The topological polar surface area (TPSA) is 169 Å². The molecule has 0 saturated heterocycles. The van der Waals surface area contributed by atoms with Gasteiger partial charge in [-0.05, 0) is 44.9 Å². The molecule has 0 aliphatic heterocycles. The molecule has 11 nitrogen and oxygen atoms in total. The van der Waals surface area contributed by atoms with E-state index in [1.165, 1.54) is 109 Å². The smallest absolute Gasteiger partial charge is 0.472 e. The summed E-state index contributed by atoms with van der Waals surface area (Å²) in [6, 6.07) is -1.54. The number of allylic oxidation sites excluding steroid dienone is 4. The Morgan fingerprint density at radius 2 is 1.00 bits per heavy atom. The molecule has 0 aromatic heterocycles. The van der Waals surface area contributed by atoms with Gasteiger partial charge < -0.3 is 25.2 Å². The van der Waals surface area contributed by atoms with Crippen LogP contribution in [0.15, 0.2) is 24.3 Å². The lowest BCUT2D eigenvalue weighted by Crippen LogP contribution is -2.43. The van der Waals surface area contributed by atoms with Crippen molar-refractivity contribution in [2.45, 2.75) is 212 Å². The molecular weight excluding hydrogens is 721 g/mol. The van der Waals surface area contributed by atoms with Gasteiger partial charge in [0.1, 0.15) is 12.7 Å². The van der Waals surface area contributed by atoms with Crippen LogP contribution in [0.25, 0.3) is 0 Å². The van der Waals surface area contributed by atoms with E-state index in [1.54, 1.807) is 0 Å². The maximum Gasteiger partial charge on any atom is 0.472 e. The van der Waals surface area contributed by atoms with Gasteiger partial charge in [-0.15, -0.1) is 0 Å². The van der Waals surface area contributed by atoms with Crippen molar-refractivity contribution in [3.63, 3.8) is 0 Å². The number of hydrogen-bond donors (Lipinski definition) is 4. The lowest BCUT2D eigenvalue weighted by molar-refractivity contribution is -0.147. The fourth-order valence-electron chi connectivity index (χ4n) is 6.05. The van der Waals surface area contributed by atoms with Crippen LogP contribution < -0.4 is 5.32 Å². The number of hydrogen-bond acceptors (Lipinski definition) is 8. The molecule has 322 valence electrons. The van der Waals surface area contributed by atoms with Crippen LogP contribution >= 0.6 is 7.82 Å². The molecule has 55 heavy (non-hydrogen) atoms. The summed E-state index contributed by atoms with van der Waals surface area (Å²) in [6.07, 6.45) is 39.1. The summed E-state index contributed by atoms with van der Waals surface area (Å²) in [7, 11) is -4.75. The highest BCUT2D eigenvalue weighted by atomic mass is 31.2. The van der Waals surface area contributed by atoms with Gasteiger partial charge in [0.2, 0.25) is 5.91 Å². The van der Waals surface area contributed by atoms with E-state index >= 15 is 0 Å². The van der Waals surface area contributed by atoms with Crippen molar-refractivity contribution >= 4 is 25.7 Å². The van der Waals surface area contributed by atoms with Gasteiger partial charge in [0.15, 0.2) is 6.04 Å². The maximum atomic E-state index is 12.3. The highest BCUT2D eigenvalue weighted by Gasteiger charge is 2.28. The lowest BCUT2D eigenvalue weighted by Gasteiger charge is -2.18. The fourth-order valence-corrected chi connectivity index (χ4v) is 6.82. The van der Waals surface area contributed by atoms with Gasteiger partial charge in [-0.1, -0.05) is 167 Å². The monoisotopic (exact) mass is 802 g/mol. The van der Waals surface area contributed by atoms with Crippen LogP contribution in [0.4, 0.5) is 0 Å². The second kappa shape index (κ2) is 38.8. The van der Waals surface area contributed by atoms with Crippen LogP contribution in [0.1, 0.15) is 200 Å². The number of aliphatic hydroxyl groups excluding tert-OH is 1. The minimum atomic E-state index is -4.75. The zero-order chi connectivity index (χ0) is 40.7. The second-order valence-corrected chi connectivity index (χ2v) is 16.3. The molecule has 0 heterocycles. The standard InChI is InChI=1S/C43H80NO10P/c1-3-5-7-9-11-13-15-17-18-19-20-21-23-25-27-29-31-33-35-42(47)52-36-39(45)37-53-55(50,51)54-38-40(43(48)49)44-41(46)34-32-30-28-26-24-22-16-14-12-10-8-6-4-2/h13,15,18-19,39-40,45H,3-12,14,16-17,20-38H2,1-2H3,(H,44,46)(H,48,49)(H,50,51)/b15-13-,19-18-. The van der Waals surface area contributed by atoms with E-state index < -0.39 is 57.6 Å². The van der Waals surface area contributed by atoms with Crippen LogP contribution in [0, 0.1) is 0 Å². The summed E-state index contributed by atoms with van der Waals surface area (Å²) in [5.74, 6) is -2.37. The maximum absolute atomic E-state index is 12.3. The highest BCUT2D eigenvalue weighted by molar-refractivity contribution is 7.47. The number of amides is 1. The third-order valence-corrected chi connectivity index (χ3v) is 10.4. The molecule has 0 bridgehead atoms. The minimum absolute atomic E-state index is 0.149. The van der Waals surface area contributed by atoms with Crippen molar-refractivity contribution in [2.24, 2.45) is 0 Å². The van der Waals surface area contributed by atoms with E-state index in [2.05, 4.69) is 43.5 Å². The van der Waals surface area contributed by atoms with Gasteiger partial charge in [0, 0.05) is 12.8 Å². The number of phosphoric acid groups is 1. The normalized spacial score (nSPS) is 14.0. The Morgan fingerprint density at radius 3 is 1.49 bits per heavy atom. The SMILES string of the molecule is CCCCCC/C=C\C/C=C\CCCCCCCCCC(=O)OCC(O)COP(=O)(O)OCC(NC(=O)CCCCCCCCCCCCCCC)C(=O)O. The van der Waals surface area contributed by atoms with Crippen LogP contribution in [-0.2, 0) is 32.7 Å². The number of carbonyl (C=O) groups excluding carboxylic acids is 2. The van der Waals surface area contributed by atoms with Crippen molar-refractivity contribution in [3.8, 4) is 0 Å². The van der Waals surface area contributed by atoms with Crippen molar-refractivity contribution in [1.29, 1.82) is 0 Å². The first-order valence-electron chi connectivity index (χ1n) is 21.9. The predicted molar refractivity (Wildman–Crippen MR) is 222 cm³/mol. The van der Waals surface area contributed by atoms with Crippen molar-refractivity contribution in [2.75, 3.05) is 19.8 Å². The summed E-state index contributed by atoms with van der Waals surface area (Å²) in [5, 5.41) is 21.8. The van der Waals surface area contributed by atoms with Crippen LogP contribution in [0.5, 0.6) is 0 Å². The van der Waals surface area contributed by atoms with E-state index in [0.717, 1.165) is 51.4 Å². The van der Waals surface area contributed by atoms with Crippen molar-refractivity contribution < 1.29 is 47.8 Å². The van der Waals surface area contributed by atoms with E-state index in [1.807, 2.05) is 0 Å². The van der Waals surface area contributed by atoms with Gasteiger partial charge in [0.05, 0.1) is 13.2 Å². The van der Waals surface area contributed by atoms with Crippen LogP contribution in [0.2, 0.25) is 0 Å². The van der Waals surface area contributed by atoms with E-state index in [9.17, 15) is 34.1 Å². The van der Waals surface area contributed by atoms with Gasteiger partial charge >= 0.3 is 19.8 Å². The number of aliphatic hydroxyl groups is 1. The highest BCUT2D eigenvalue weighted by Crippen LogP contribution is 2.43. The lowest BCUT2D eigenvalue weighted by atomic mass is 10.0. The fraction of sp³-hybridized carbons (Fsp3) is 0.837. The van der Waals surface area contributed by atoms with Gasteiger partial charge in [-0.3, -0.25) is 18.6 Å². The molecule has 0 saturated carbocycles. The molecular formula is C43H80NO10P. The summed E-state index contributed by atoms with van der Waals surface area (Å²) < 4.78 is 26.8. The van der Waals surface area contributed by atoms with Crippen molar-refractivity contribution in [3.05, 3.63) is 24.3 Å². The van der Waals surface area contributed by atoms with Gasteiger partial charge in [-0.25, -0.2) is 9.36 Å². The zero-order valence-corrected chi connectivity index (χ0v) is 35.6. The third-order valence-electron chi connectivity index (χ3n) is 9.49. The molecule has 0 aliphatic rings. The summed E-state index contributed by atoms with van der Waals surface area (Å²) in [5.41, 5.74) is 0. The molecule has 3 atom stereocenters. The number of phosphoric ester groups is 1. The Bertz CT molecular complexity index is 1040. The Kier molecular flexibility index (Phi) is 37.4. The summed E-state index contributed by atoms with van der Waals surface area (Å²) in [6.45, 7) is 2.57. The van der Waals surface area contributed by atoms with Gasteiger partial charge in [0.25, 0.3) is 0 Å². The van der Waals surface area contributed by atoms with Crippen LogP contribution in [0.3, 0.4) is 0 Å². The number of carboxylic acids is 1. The Labute approximate surface area is 334 Å². The van der Waals surface area contributed by atoms with E-state index in [4.69, 9.17) is 13.8 Å². The largest absolute Gasteiger partial charge is 0.480 e. The molecule has 0 aromatic rings. The zero-order valence-electron chi connectivity index (χ0n) is 34.7. The number of aliphatic carboxylic acids is 1. The minimum Gasteiger partial charge on any atom is -0.480 e. The third kappa shape index (κ3) is 38.6. The number of carbonyl (C=O) groups is 3. The molecule has 0 aromatic carbocycles. The average molecular weight is 802 g/mol. The first kappa shape index (κ1) is 53.0. The van der Waals surface area contributed by atoms with Crippen molar-refractivity contribution in [1.82, 2.24) is 5.32 Å². The first-order valence-corrected chi connectivity index (χ1v) is 23.4. The number of ether oxygens (including phenoxy) is 1. The second-order valence-electron chi connectivity index (χ2n) is 14.9. The molecule has 12 heteroatoms. The molecule has 4 N–H and O–H groups in total.